The van der Waals surface area contributed by atoms with E-state index in [0.29, 0.717) is 0 Å². The summed E-state index contributed by atoms with van der Waals surface area (Å²) in [5.41, 5.74) is 9.56. The van der Waals surface area contributed by atoms with Gasteiger partial charge in [0.15, 0.2) is 5.58 Å². The first kappa shape index (κ1) is 22.6. The number of aryl methyl sites for hydroxylation is 3. The number of hydrogen-bond acceptors (Lipinski definition) is 4. The third-order valence-electron chi connectivity index (χ3n) is 8.57. The Hall–Kier alpha value is -3.16. The summed E-state index contributed by atoms with van der Waals surface area (Å²) in [5, 5.41) is 5.96. The van der Waals surface area contributed by atoms with Crippen molar-refractivity contribution in [3.05, 3.63) is 77.4 Å². The van der Waals surface area contributed by atoms with Crippen molar-refractivity contribution in [2.75, 3.05) is 0 Å². The van der Waals surface area contributed by atoms with Crippen LogP contribution >= 0.6 is 34.0 Å². The molecule has 1 aliphatic rings. The van der Waals surface area contributed by atoms with Crippen molar-refractivity contribution >= 4 is 104 Å². The molecule has 0 amide bonds. The molecule has 0 spiro atoms. The summed E-state index contributed by atoms with van der Waals surface area (Å²) in [6.07, 6.45) is 0. The fourth-order valence-electron chi connectivity index (χ4n) is 6.75. The van der Waals surface area contributed by atoms with Gasteiger partial charge in [-0.25, -0.2) is 0 Å². The molecule has 0 atom stereocenters. The van der Waals surface area contributed by atoms with Crippen LogP contribution in [0.2, 0.25) is 13.1 Å². The van der Waals surface area contributed by atoms with E-state index >= 15 is 0 Å². The predicted octanol–water partition coefficient (Wildman–Crippen LogP) is 9.75. The van der Waals surface area contributed by atoms with Crippen LogP contribution in [0.3, 0.4) is 0 Å². The molecule has 1 aliphatic heterocycles. The highest BCUT2D eigenvalue weighted by atomic mass is 32.1. The van der Waals surface area contributed by atoms with Crippen molar-refractivity contribution in [2.45, 2.75) is 33.9 Å². The van der Waals surface area contributed by atoms with E-state index in [0.717, 1.165) is 11.2 Å². The van der Waals surface area contributed by atoms with Crippen molar-refractivity contribution in [2.24, 2.45) is 0 Å². The third kappa shape index (κ3) is 2.75. The molecular weight excluding hydrogens is 551 g/mol. The Morgan fingerprint density at radius 3 is 2.13 bits per heavy atom. The van der Waals surface area contributed by atoms with Gasteiger partial charge in [-0.05, 0) is 78.0 Å². The van der Waals surface area contributed by atoms with Crippen molar-refractivity contribution in [3.8, 4) is 15.4 Å². The second-order valence-electron chi connectivity index (χ2n) is 11.6. The topological polar surface area (TPSA) is 18.1 Å². The fourth-order valence-corrected chi connectivity index (χ4v) is 17.1. The maximum absolute atomic E-state index is 6.67. The lowest BCUT2D eigenvalue weighted by Gasteiger charge is -2.18. The van der Waals surface area contributed by atoms with Crippen LogP contribution in [-0.4, -0.2) is 12.6 Å². The molecule has 5 aromatic heterocycles. The number of fused-ring (bicyclic) bond motifs is 13. The largest absolute Gasteiger partial charge is 0.453 e. The van der Waals surface area contributed by atoms with E-state index in [1.807, 2.05) is 34.0 Å². The first-order valence-corrected chi connectivity index (χ1v) is 18.8. The molecule has 0 radical (unpaired) electrons. The average molecular weight is 576 g/mol. The summed E-state index contributed by atoms with van der Waals surface area (Å²) in [7, 11) is -1.88. The van der Waals surface area contributed by atoms with Crippen LogP contribution in [0.5, 0.6) is 0 Å². The number of benzene rings is 3. The van der Waals surface area contributed by atoms with Gasteiger partial charge in [0.1, 0.15) is 19.2 Å². The Kier molecular flexibility index (Phi) is 4.25. The highest BCUT2D eigenvalue weighted by Crippen LogP contribution is 2.52. The number of nitrogens with zero attached hydrogens (tertiary/aromatic N) is 1. The van der Waals surface area contributed by atoms with E-state index in [1.54, 1.807) is 10.4 Å². The smallest absolute Gasteiger partial charge is 0.171 e. The molecule has 0 saturated carbocycles. The lowest BCUT2D eigenvalue weighted by atomic mass is 10.2. The Morgan fingerprint density at radius 1 is 0.641 bits per heavy atom. The summed E-state index contributed by atoms with van der Waals surface area (Å²) in [5.74, 6) is 0. The minimum atomic E-state index is -1.88. The molecule has 0 unspecified atom stereocenters. The minimum Gasteiger partial charge on any atom is -0.453 e. The van der Waals surface area contributed by atoms with Gasteiger partial charge < -0.3 is 8.98 Å². The summed E-state index contributed by atoms with van der Waals surface area (Å²) in [6.45, 7) is 11.6. The summed E-state index contributed by atoms with van der Waals surface area (Å²) < 4.78 is 14.8. The maximum atomic E-state index is 6.67. The molecule has 3 aromatic carbocycles. The second-order valence-corrected chi connectivity index (χ2v) is 19.0. The minimum absolute atomic E-state index is 0.975. The zero-order valence-electron chi connectivity index (χ0n) is 22.4. The van der Waals surface area contributed by atoms with Crippen LogP contribution in [0.1, 0.15) is 16.7 Å². The zero-order valence-corrected chi connectivity index (χ0v) is 25.8. The molecule has 9 rings (SSSR count). The van der Waals surface area contributed by atoms with E-state index in [2.05, 4.69) is 99.1 Å². The standard InChI is InChI=1S/C33H25NOS3Si/c1-16-6-10-19(11-7-16)34-24-20-12-8-17(2)14-22(20)35-26(24)27-25(34)28-29(37-27)33-31(38-28)30-32(39(33,4)5)21-13-9-18(3)15-23(21)36-30/h6-15H,1-5H3. The Bertz CT molecular complexity index is 2340. The van der Waals surface area contributed by atoms with Gasteiger partial charge in [0.05, 0.1) is 14.9 Å². The number of furan rings is 1. The maximum Gasteiger partial charge on any atom is 0.171 e. The van der Waals surface area contributed by atoms with E-state index in [4.69, 9.17) is 4.42 Å². The first-order valence-electron chi connectivity index (χ1n) is 13.4. The molecular formula is C33H25NOS3Si. The molecule has 39 heavy (non-hydrogen) atoms. The Labute approximate surface area is 238 Å². The van der Waals surface area contributed by atoms with Crippen LogP contribution in [0.4, 0.5) is 0 Å². The van der Waals surface area contributed by atoms with Crippen LogP contribution < -0.4 is 10.4 Å². The monoisotopic (exact) mass is 575 g/mol. The lowest BCUT2D eigenvalue weighted by Crippen LogP contribution is -2.48. The second kappa shape index (κ2) is 7.32. The number of aromatic nitrogens is 1. The molecule has 0 N–H and O–H groups in total. The molecule has 0 bridgehead atoms. The summed E-state index contributed by atoms with van der Waals surface area (Å²) in [6, 6.07) is 22.6. The van der Waals surface area contributed by atoms with Gasteiger partial charge in [-0.1, -0.05) is 49.0 Å². The number of hydrogen-bond donors (Lipinski definition) is 0. The normalized spacial score (nSPS) is 14.5. The van der Waals surface area contributed by atoms with Gasteiger partial charge in [-0.15, -0.1) is 34.0 Å². The molecule has 0 aliphatic carbocycles. The Morgan fingerprint density at radius 2 is 1.33 bits per heavy atom. The first-order chi connectivity index (χ1) is 18.8. The van der Waals surface area contributed by atoms with Crippen molar-refractivity contribution in [1.82, 2.24) is 4.57 Å². The SMILES string of the molecule is Cc1ccc(-n2c3c4ccc(C)cc4oc3c3sc4c5c(sc4c32)-c2sc3cc(C)ccc3c2[Si]5(C)C)cc1. The lowest BCUT2D eigenvalue weighted by molar-refractivity contribution is 0.673. The summed E-state index contributed by atoms with van der Waals surface area (Å²) >= 11 is 5.99. The van der Waals surface area contributed by atoms with E-state index < -0.39 is 8.07 Å². The predicted molar refractivity (Wildman–Crippen MR) is 176 cm³/mol. The number of rotatable bonds is 1. The van der Waals surface area contributed by atoms with E-state index in [1.165, 1.54) is 72.7 Å². The van der Waals surface area contributed by atoms with Crippen molar-refractivity contribution < 1.29 is 4.42 Å². The highest BCUT2D eigenvalue weighted by molar-refractivity contribution is 7.41. The molecule has 6 heteroatoms. The van der Waals surface area contributed by atoms with Crippen molar-refractivity contribution in [3.63, 3.8) is 0 Å². The van der Waals surface area contributed by atoms with Crippen molar-refractivity contribution in [1.29, 1.82) is 0 Å². The molecule has 8 aromatic rings. The van der Waals surface area contributed by atoms with Gasteiger partial charge >= 0.3 is 0 Å². The van der Waals surface area contributed by atoms with Gasteiger partial charge in [0, 0.05) is 30.2 Å². The van der Waals surface area contributed by atoms with Gasteiger partial charge in [0.25, 0.3) is 0 Å². The highest BCUT2D eigenvalue weighted by Gasteiger charge is 2.44. The van der Waals surface area contributed by atoms with Crippen LogP contribution in [-0.2, 0) is 0 Å². The van der Waals surface area contributed by atoms with Gasteiger partial charge in [0.2, 0.25) is 0 Å². The summed E-state index contributed by atoms with van der Waals surface area (Å²) in [4.78, 5) is 3.05. The molecule has 0 saturated heterocycles. The average Bonchev–Trinajstić information content (AvgIpc) is 3.68. The van der Waals surface area contributed by atoms with Crippen LogP contribution in [0.15, 0.2) is 65.1 Å². The zero-order chi connectivity index (χ0) is 26.4. The number of thiophene rings is 3. The Balaban J connectivity index is 1.44. The molecule has 0 fully saturated rings. The molecule has 2 nitrogen and oxygen atoms in total. The van der Waals surface area contributed by atoms with E-state index in [-0.39, 0.29) is 0 Å². The van der Waals surface area contributed by atoms with Gasteiger partial charge in [-0.2, -0.15) is 0 Å². The third-order valence-corrected chi connectivity index (χ3v) is 16.5. The van der Waals surface area contributed by atoms with Gasteiger partial charge in [-0.3, -0.25) is 0 Å². The molecule has 6 heterocycles. The quantitative estimate of drug-likeness (QED) is 0.178. The molecule has 190 valence electrons. The van der Waals surface area contributed by atoms with Crippen LogP contribution in [0, 0.1) is 20.8 Å². The fraction of sp³-hybridized carbons (Fsp3) is 0.152. The van der Waals surface area contributed by atoms with E-state index in [9.17, 15) is 0 Å². The van der Waals surface area contributed by atoms with Crippen LogP contribution in [0.25, 0.3) is 67.2 Å².